The molecule has 0 unspecified atom stereocenters. The van der Waals surface area contributed by atoms with Crippen molar-refractivity contribution in [1.29, 1.82) is 0 Å². The second-order valence-corrected chi connectivity index (χ2v) is 10.6. The fourth-order valence-electron chi connectivity index (χ4n) is 4.19. The molecule has 2 N–H and O–H groups in total. The molecular weight excluding hydrogens is 416 g/mol. The Morgan fingerprint density at radius 1 is 0.938 bits per heavy atom. The number of rotatable bonds is 6. The van der Waals surface area contributed by atoms with Gasteiger partial charge in [0, 0.05) is 12.5 Å². The van der Waals surface area contributed by atoms with Crippen LogP contribution in [0.15, 0.2) is 24.3 Å². The molecule has 1 saturated carbocycles. The van der Waals surface area contributed by atoms with E-state index in [-0.39, 0.29) is 11.3 Å². The summed E-state index contributed by atoms with van der Waals surface area (Å²) in [5, 5.41) is 6.74. The molecule has 180 valence electrons. The summed E-state index contributed by atoms with van der Waals surface area (Å²) in [7, 11) is 0. The second kappa shape index (κ2) is 14.5. The van der Waals surface area contributed by atoms with Crippen molar-refractivity contribution >= 4 is 23.2 Å². The molecule has 1 fully saturated rings. The minimum atomic E-state index is -0.0395. The van der Waals surface area contributed by atoms with Crippen LogP contribution in [0.25, 0.3) is 0 Å². The van der Waals surface area contributed by atoms with Gasteiger partial charge >= 0.3 is 0 Å². The first-order chi connectivity index (χ1) is 15.3. The van der Waals surface area contributed by atoms with E-state index in [0.29, 0.717) is 30.6 Å². The summed E-state index contributed by atoms with van der Waals surface area (Å²) in [5.41, 5.74) is 1.42. The van der Waals surface area contributed by atoms with Crippen LogP contribution in [-0.2, 0) is 10.2 Å². The Kier molecular flexibility index (Phi) is 12.1. The van der Waals surface area contributed by atoms with Crippen LogP contribution in [0.5, 0.6) is 5.75 Å². The highest BCUT2D eigenvalue weighted by Gasteiger charge is 2.14. The van der Waals surface area contributed by atoms with Crippen LogP contribution in [0.4, 0.5) is 0 Å². The molecule has 32 heavy (non-hydrogen) atoms. The van der Waals surface area contributed by atoms with Crippen LogP contribution in [-0.4, -0.2) is 23.7 Å². The standard InChI is InChI=1S/C27H44N2O2S/c1-27(2,3)22-17-19-24(20-18-22)31-21-13-16-25(30)29-26(32)28-23-14-11-9-7-5-4-6-8-10-12-15-23/h17-20,23H,4-16,21H2,1-3H3,(H2,28,29,30,32). The van der Waals surface area contributed by atoms with Gasteiger partial charge in [0.2, 0.25) is 5.91 Å². The molecule has 0 bridgehead atoms. The predicted molar refractivity (Wildman–Crippen MR) is 138 cm³/mol. The lowest BCUT2D eigenvalue weighted by Gasteiger charge is -2.21. The van der Waals surface area contributed by atoms with Crippen LogP contribution in [0.2, 0.25) is 0 Å². The number of carbonyl (C=O) groups is 1. The van der Waals surface area contributed by atoms with Gasteiger partial charge in [0.1, 0.15) is 5.75 Å². The normalized spacial score (nSPS) is 17.0. The molecule has 0 aromatic heterocycles. The van der Waals surface area contributed by atoms with E-state index in [1.54, 1.807) is 0 Å². The lowest BCUT2D eigenvalue weighted by Crippen LogP contribution is -2.44. The van der Waals surface area contributed by atoms with E-state index in [0.717, 1.165) is 18.6 Å². The molecule has 1 aliphatic rings. The zero-order valence-corrected chi connectivity index (χ0v) is 21.3. The van der Waals surface area contributed by atoms with E-state index >= 15 is 0 Å². The van der Waals surface area contributed by atoms with E-state index < -0.39 is 0 Å². The summed E-state index contributed by atoms with van der Waals surface area (Å²) >= 11 is 5.42. The first-order valence-electron chi connectivity index (χ1n) is 12.7. The van der Waals surface area contributed by atoms with Crippen molar-refractivity contribution in [3.63, 3.8) is 0 Å². The van der Waals surface area contributed by atoms with E-state index in [4.69, 9.17) is 17.0 Å². The van der Waals surface area contributed by atoms with Crippen LogP contribution in [0.1, 0.15) is 110 Å². The summed E-state index contributed by atoms with van der Waals surface area (Å²) in [4.78, 5) is 12.3. The minimum absolute atomic E-state index is 0.0395. The Labute approximate surface area is 201 Å². The molecule has 1 amide bonds. The lowest BCUT2D eigenvalue weighted by atomic mass is 9.87. The molecule has 0 saturated heterocycles. The number of benzene rings is 1. The number of hydrogen-bond acceptors (Lipinski definition) is 3. The summed E-state index contributed by atoms with van der Waals surface area (Å²) in [5.74, 6) is 0.806. The maximum absolute atomic E-state index is 12.3. The first-order valence-corrected chi connectivity index (χ1v) is 13.1. The number of thiocarbonyl (C=S) groups is 1. The van der Waals surface area contributed by atoms with Gasteiger partial charge in [0.15, 0.2) is 5.11 Å². The molecule has 0 atom stereocenters. The minimum Gasteiger partial charge on any atom is -0.494 e. The number of ether oxygens (including phenoxy) is 1. The van der Waals surface area contributed by atoms with Gasteiger partial charge in [0.05, 0.1) is 6.61 Å². The Morgan fingerprint density at radius 3 is 2.00 bits per heavy atom. The summed E-state index contributed by atoms with van der Waals surface area (Å²) in [6.07, 6.45) is 15.3. The lowest BCUT2D eigenvalue weighted by molar-refractivity contribution is -0.119. The Hall–Kier alpha value is -1.62. The SMILES string of the molecule is CC(C)(C)c1ccc(OCCCC(=O)NC(=S)NC2CCCCCCCCCCC2)cc1. The quantitative estimate of drug-likeness (QED) is 0.362. The zero-order valence-electron chi connectivity index (χ0n) is 20.5. The molecule has 1 aromatic carbocycles. The monoisotopic (exact) mass is 460 g/mol. The third kappa shape index (κ3) is 11.3. The van der Waals surface area contributed by atoms with Crippen LogP contribution >= 0.6 is 12.2 Å². The highest BCUT2D eigenvalue weighted by Crippen LogP contribution is 2.24. The molecule has 2 rings (SSSR count). The van der Waals surface area contributed by atoms with Gasteiger partial charge in [-0.15, -0.1) is 0 Å². The maximum Gasteiger partial charge on any atom is 0.226 e. The van der Waals surface area contributed by atoms with Crippen molar-refractivity contribution in [2.45, 2.75) is 116 Å². The number of carbonyl (C=O) groups excluding carboxylic acids is 1. The van der Waals surface area contributed by atoms with Crippen molar-refractivity contribution < 1.29 is 9.53 Å². The molecule has 5 heteroatoms. The number of amides is 1. The average molecular weight is 461 g/mol. The Bertz CT molecular complexity index is 670. The van der Waals surface area contributed by atoms with E-state index in [1.807, 2.05) is 12.1 Å². The molecule has 0 heterocycles. The third-order valence-electron chi connectivity index (χ3n) is 6.23. The highest BCUT2D eigenvalue weighted by molar-refractivity contribution is 7.80. The smallest absolute Gasteiger partial charge is 0.226 e. The Morgan fingerprint density at radius 2 is 1.47 bits per heavy atom. The predicted octanol–water partition coefficient (Wildman–Crippen LogP) is 6.81. The summed E-state index contributed by atoms with van der Waals surface area (Å²) in [6, 6.07) is 8.59. The van der Waals surface area contributed by atoms with Gasteiger partial charge in [-0.05, 0) is 54.6 Å². The van der Waals surface area contributed by atoms with E-state index in [9.17, 15) is 4.79 Å². The highest BCUT2D eigenvalue weighted by atomic mass is 32.1. The summed E-state index contributed by atoms with van der Waals surface area (Å²) in [6.45, 7) is 7.11. The van der Waals surface area contributed by atoms with Gasteiger partial charge < -0.3 is 15.4 Å². The van der Waals surface area contributed by atoms with Crippen molar-refractivity contribution in [1.82, 2.24) is 10.6 Å². The second-order valence-electron chi connectivity index (χ2n) is 10.2. The van der Waals surface area contributed by atoms with Gasteiger partial charge in [0.25, 0.3) is 0 Å². The van der Waals surface area contributed by atoms with Gasteiger partial charge in [-0.25, -0.2) is 0 Å². The topological polar surface area (TPSA) is 50.4 Å². The van der Waals surface area contributed by atoms with Gasteiger partial charge in [-0.2, -0.15) is 0 Å². The van der Waals surface area contributed by atoms with Crippen molar-refractivity contribution in [2.24, 2.45) is 0 Å². The van der Waals surface area contributed by atoms with E-state index in [2.05, 4.69) is 43.5 Å². The fourth-order valence-corrected chi connectivity index (χ4v) is 4.47. The van der Waals surface area contributed by atoms with Crippen LogP contribution < -0.4 is 15.4 Å². The molecular formula is C27H44N2O2S. The van der Waals surface area contributed by atoms with Crippen LogP contribution in [0, 0.1) is 0 Å². The molecule has 0 radical (unpaired) electrons. The van der Waals surface area contributed by atoms with Gasteiger partial charge in [-0.3, -0.25) is 4.79 Å². The van der Waals surface area contributed by atoms with Gasteiger partial charge in [-0.1, -0.05) is 90.7 Å². The molecule has 4 nitrogen and oxygen atoms in total. The molecule has 1 aromatic rings. The maximum atomic E-state index is 12.3. The van der Waals surface area contributed by atoms with Crippen molar-refractivity contribution in [3.05, 3.63) is 29.8 Å². The van der Waals surface area contributed by atoms with Crippen molar-refractivity contribution in [3.8, 4) is 5.75 Å². The molecule has 1 aliphatic carbocycles. The van der Waals surface area contributed by atoms with Crippen LogP contribution in [0.3, 0.4) is 0 Å². The number of nitrogens with one attached hydrogen (secondary N) is 2. The van der Waals surface area contributed by atoms with Crippen molar-refractivity contribution in [2.75, 3.05) is 6.61 Å². The zero-order chi connectivity index (χ0) is 23.2. The van der Waals surface area contributed by atoms with E-state index in [1.165, 1.54) is 63.4 Å². The average Bonchev–Trinajstić information content (AvgIpc) is 2.73. The first kappa shape index (κ1) is 26.6. The Balaban J connectivity index is 1.64. The number of hydrogen-bond donors (Lipinski definition) is 2. The molecule has 0 aliphatic heterocycles. The summed E-state index contributed by atoms with van der Waals surface area (Å²) < 4.78 is 5.79. The molecule has 0 spiro atoms. The largest absolute Gasteiger partial charge is 0.494 e. The fraction of sp³-hybridized carbons (Fsp3) is 0.704. The third-order valence-corrected chi connectivity index (χ3v) is 6.45.